The van der Waals surface area contributed by atoms with Crippen LogP contribution in [0.3, 0.4) is 0 Å². The molecular weight excluding hydrogens is 258 g/mol. The molecule has 1 N–H and O–H groups in total. The normalized spacial score (nSPS) is 24.7. The van der Waals surface area contributed by atoms with Gasteiger partial charge in [-0.05, 0) is 6.42 Å². The average molecular weight is 273 g/mol. The standard InChI is InChI=1S/C10H15N3O4S/c14-18(15,9-6-11-12-7-9)13-3-1-2-10(8-13)16-4-5-17-10/h6-7H,1-5,8H2,(H,11,12). The maximum Gasteiger partial charge on any atom is 0.246 e. The summed E-state index contributed by atoms with van der Waals surface area (Å²) in [6.07, 6.45) is 4.17. The van der Waals surface area contributed by atoms with E-state index in [0.29, 0.717) is 19.8 Å². The van der Waals surface area contributed by atoms with Gasteiger partial charge in [0.05, 0.1) is 26.0 Å². The topological polar surface area (TPSA) is 84.5 Å². The first-order valence-electron chi connectivity index (χ1n) is 5.89. The van der Waals surface area contributed by atoms with Gasteiger partial charge in [0, 0.05) is 19.2 Å². The third-order valence-corrected chi connectivity index (χ3v) is 5.12. The van der Waals surface area contributed by atoms with Crippen LogP contribution in [0.1, 0.15) is 12.8 Å². The van der Waals surface area contributed by atoms with Crippen molar-refractivity contribution in [1.29, 1.82) is 0 Å². The fraction of sp³-hybridized carbons (Fsp3) is 0.700. The summed E-state index contributed by atoms with van der Waals surface area (Å²) < 4.78 is 37.2. The Hall–Kier alpha value is -0.960. The van der Waals surface area contributed by atoms with E-state index in [-0.39, 0.29) is 11.4 Å². The molecule has 1 spiro atoms. The van der Waals surface area contributed by atoms with Crippen molar-refractivity contribution in [1.82, 2.24) is 14.5 Å². The van der Waals surface area contributed by atoms with Crippen LogP contribution in [0.25, 0.3) is 0 Å². The molecule has 0 radical (unpaired) electrons. The van der Waals surface area contributed by atoms with Gasteiger partial charge in [0.2, 0.25) is 10.0 Å². The van der Waals surface area contributed by atoms with Crippen molar-refractivity contribution in [2.45, 2.75) is 23.5 Å². The predicted molar refractivity (Wildman–Crippen MR) is 61.2 cm³/mol. The quantitative estimate of drug-likeness (QED) is 0.816. The van der Waals surface area contributed by atoms with Crippen LogP contribution in [0.15, 0.2) is 17.3 Å². The number of nitrogens with zero attached hydrogens (tertiary/aromatic N) is 2. The van der Waals surface area contributed by atoms with Gasteiger partial charge in [-0.2, -0.15) is 9.40 Å². The number of rotatable bonds is 2. The first-order valence-corrected chi connectivity index (χ1v) is 7.33. The third kappa shape index (κ3) is 1.95. The number of hydrogen-bond donors (Lipinski definition) is 1. The number of aromatic amines is 1. The Kier molecular flexibility index (Phi) is 2.89. The van der Waals surface area contributed by atoms with E-state index in [9.17, 15) is 8.42 Å². The zero-order chi connectivity index (χ0) is 12.6. The van der Waals surface area contributed by atoms with Gasteiger partial charge in [-0.3, -0.25) is 5.10 Å². The molecule has 2 fully saturated rings. The van der Waals surface area contributed by atoms with Crippen molar-refractivity contribution >= 4 is 10.0 Å². The van der Waals surface area contributed by atoms with E-state index in [1.807, 2.05) is 0 Å². The molecule has 0 amide bonds. The second kappa shape index (κ2) is 4.30. The van der Waals surface area contributed by atoms with E-state index in [4.69, 9.17) is 9.47 Å². The number of aromatic nitrogens is 2. The monoisotopic (exact) mass is 273 g/mol. The number of sulfonamides is 1. The number of hydrogen-bond acceptors (Lipinski definition) is 5. The van der Waals surface area contributed by atoms with Crippen LogP contribution in [-0.4, -0.2) is 55.0 Å². The van der Waals surface area contributed by atoms with Crippen molar-refractivity contribution < 1.29 is 17.9 Å². The summed E-state index contributed by atoms with van der Waals surface area (Å²) in [7, 11) is -3.50. The van der Waals surface area contributed by atoms with E-state index < -0.39 is 15.8 Å². The van der Waals surface area contributed by atoms with Gasteiger partial charge in [0.1, 0.15) is 4.90 Å². The molecule has 2 saturated heterocycles. The fourth-order valence-corrected chi connectivity index (χ4v) is 3.84. The van der Waals surface area contributed by atoms with E-state index >= 15 is 0 Å². The highest BCUT2D eigenvalue weighted by Gasteiger charge is 2.44. The predicted octanol–water partition coefficient (Wildman–Crippen LogP) is -0.0627. The number of ether oxygens (including phenoxy) is 2. The highest BCUT2D eigenvalue weighted by atomic mass is 32.2. The molecule has 1 aromatic rings. The smallest absolute Gasteiger partial charge is 0.246 e. The van der Waals surface area contributed by atoms with Gasteiger partial charge in [0.15, 0.2) is 5.79 Å². The Bertz CT molecular complexity index is 507. The van der Waals surface area contributed by atoms with Crippen LogP contribution in [0.5, 0.6) is 0 Å². The summed E-state index contributed by atoms with van der Waals surface area (Å²) in [5.41, 5.74) is 0. The van der Waals surface area contributed by atoms with Crippen molar-refractivity contribution in [2.75, 3.05) is 26.3 Å². The van der Waals surface area contributed by atoms with Crippen LogP contribution in [0, 0.1) is 0 Å². The third-order valence-electron chi connectivity index (χ3n) is 3.31. The lowest BCUT2D eigenvalue weighted by Crippen LogP contribution is -2.50. The molecular formula is C10H15N3O4S. The summed E-state index contributed by atoms with van der Waals surface area (Å²) in [5, 5.41) is 6.20. The van der Waals surface area contributed by atoms with Crippen LogP contribution in [-0.2, 0) is 19.5 Å². The first kappa shape index (κ1) is 12.1. The molecule has 3 heterocycles. The Morgan fingerprint density at radius 2 is 2.17 bits per heavy atom. The van der Waals surface area contributed by atoms with Gasteiger partial charge in [-0.1, -0.05) is 0 Å². The summed E-state index contributed by atoms with van der Waals surface area (Å²) in [6.45, 7) is 1.79. The zero-order valence-corrected chi connectivity index (χ0v) is 10.6. The Balaban J connectivity index is 1.84. The molecule has 0 saturated carbocycles. The highest BCUT2D eigenvalue weighted by Crippen LogP contribution is 2.32. The summed E-state index contributed by atoms with van der Waals surface area (Å²) in [5.74, 6) is -0.741. The van der Waals surface area contributed by atoms with E-state index in [0.717, 1.165) is 12.8 Å². The maximum absolute atomic E-state index is 12.3. The van der Waals surface area contributed by atoms with Crippen molar-refractivity contribution in [3.63, 3.8) is 0 Å². The van der Waals surface area contributed by atoms with Gasteiger partial charge >= 0.3 is 0 Å². The SMILES string of the molecule is O=S(=O)(c1cn[nH]c1)N1CCCC2(C1)OCCO2. The van der Waals surface area contributed by atoms with Crippen LogP contribution in [0.2, 0.25) is 0 Å². The summed E-state index contributed by atoms with van der Waals surface area (Å²) in [4.78, 5) is 0.178. The molecule has 0 atom stereocenters. The molecule has 0 bridgehead atoms. The molecule has 7 nitrogen and oxygen atoms in total. The molecule has 0 unspecified atom stereocenters. The molecule has 2 aliphatic rings. The minimum absolute atomic E-state index is 0.178. The molecule has 8 heteroatoms. The molecule has 100 valence electrons. The molecule has 0 aliphatic carbocycles. The summed E-state index contributed by atoms with van der Waals surface area (Å²) >= 11 is 0. The van der Waals surface area contributed by atoms with Crippen molar-refractivity contribution in [3.05, 3.63) is 12.4 Å². The van der Waals surface area contributed by atoms with Gasteiger partial charge in [0.25, 0.3) is 0 Å². The average Bonchev–Trinajstić information content (AvgIpc) is 3.01. The minimum Gasteiger partial charge on any atom is -0.346 e. The lowest BCUT2D eigenvalue weighted by atomic mass is 10.1. The largest absolute Gasteiger partial charge is 0.346 e. The molecule has 18 heavy (non-hydrogen) atoms. The second-order valence-electron chi connectivity index (χ2n) is 4.48. The molecule has 3 rings (SSSR count). The lowest BCUT2D eigenvalue weighted by molar-refractivity contribution is -0.179. The fourth-order valence-electron chi connectivity index (χ4n) is 2.42. The van der Waals surface area contributed by atoms with Crippen LogP contribution >= 0.6 is 0 Å². The molecule has 0 aromatic carbocycles. The van der Waals surface area contributed by atoms with Gasteiger partial charge in [-0.15, -0.1) is 0 Å². The van der Waals surface area contributed by atoms with Gasteiger partial charge < -0.3 is 9.47 Å². The highest BCUT2D eigenvalue weighted by molar-refractivity contribution is 7.89. The zero-order valence-electron chi connectivity index (χ0n) is 9.83. The van der Waals surface area contributed by atoms with E-state index in [2.05, 4.69) is 10.2 Å². The second-order valence-corrected chi connectivity index (χ2v) is 6.42. The minimum atomic E-state index is -3.50. The Morgan fingerprint density at radius 1 is 1.39 bits per heavy atom. The van der Waals surface area contributed by atoms with Crippen molar-refractivity contribution in [2.24, 2.45) is 0 Å². The van der Waals surface area contributed by atoms with Crippen LogP contribution in [0.4, 0.5) is 0 Å². The molecule has 2 aliphatic heterocycles. The Labute approximate surface area is 105 Å². The maximum atomic E-state index is 12.3. The number of nitrogens with one attached hydrogen (secondary N) is 1. The molecule has 1 aromatic heterocycles. The lowest BCUT2D eigenvalue weighted by Gasteiger charge is -2.37. The van der Waals surface area contributed by atoms with E-state index in [1.165, 1.54) is 16.7 Å². The summed E-state index contributed by atoms with van der Waals surface area (Å²) in [6, 6.07) is 0. The van der Waals surface area contributed by atoms with E-state index in [1.54, 1.807) is 0 Å². The Morgan fingerprint density at radius 3 is 2.83 bits per heavy atom. The first-order chi connectivity index (χ1) is 8.62. The van der Waals surface area contributed by atoms with Gasteiger partial charge in [-0.25, -0.2) is 8.42 Å². The number of H-pyrrole nitrogens is 1. The van der Waals surface area contributed by atoms with Crippen molar-refractivity contribution in [3.8, 4) is 0 Å². The number of piperidine rings is 1. The van der Waals surface area contributed by atoms with Crippen LogP contribution < -0.4 is 0 Å².